The van der Waals surface area contributed by atoms with Gasteiger partial charge in [-0.15, -0.1) is 11.3 Å². The third-order valence-corrected chi connectivity index (χ3v) is 4.95. The summed E-state index contributed by atoms with van der Waals surface area (Å²) < 4.78 is 0. The van der Waals surface area contributed by atoms with Crippen LogP contribution in [0.5, 0.6) is 0 Å². The molecule has 0 bridgehead atoms. The second-order valence-electron chi connectivity index (χ2n) is 7.55. The van der Waals surface area contributed by atoms with Crippen molar-refractivity contribution in [1.29, 1.82) is 0 Å². The zero-order chi connectivity index (χ0) is 14.4. The van der Waals surface area contributed by atoms with Crippen molar-refractivity contribution in [2.75, 3.05) is 32.7 Å². The van der Waals surface area contributed by atoms with Crippen molar-refractivity contribution < 1.29 is 4.79 Å². The molecule has 0 atom stereocenters. The predicted molar refractivity (Wildman–Crippen MR) is 81.0 cm³/mol. The van der Waals surface area contributed by atoms with Crippen LogP contribution in [0.1, 0.15) is 36.9 Å². The maximum Gasteiger partial charge on any atom is 0.265 e. The van der Waals surface area contributed by atoms with Gasteiger partial charge in [0.1, 0.15) is 4.88 Å². The number of nitrogens with zero attached hydrogens (tertiary/aromatic N) is 3. The molecular formula is C15H23N3OS. The number of carbonyl (C=O) groups excluding carboxylic acids is 1. The molecule has 3 heterocycles. The summed E-state index contributed by atoms with van der Waals surface area (Å²) in [5.74, 6) is 0.165. The Morgan fingerprint density at radius 3 is 2.75 bits per heavy atom. The molecule has 110 valence electrons. The first kappa shape index (κ1) is 14.0. The van der Waals surface area contributed by atoms with Gasteiger partial charge in [0.25, 0.3) is 5.91 Å². The highest BCUT2D eigenvalue weighted by Crippen LogP contribution is 2.41. The second kappa shape index (κ2) is 4.81. The van der Waals surface area contributed by atoms with E-state index in [0.717, 1.165) is 44.0 Å². The van der Waals surface area contributed by atoms with Crippen LogP contribution in [-0.2, 0) is 0 Å². The molecule has 1 aromatic rings. The molecule has 2 aliphatic heterocycles. The van der Waals surface area contributed by atoms with E-state index in [1.54, 1.807) is 11.7 Å². The van der Waals surface area contributed by atoms with Crippen molar-refractivity contribution in [2.24, 2.45) is 10.8 Å². The lowest BCUT2D eigenvalue weighted by Gasteiger charge is -2.50. The van der Waals surface area contributed by atoms with Crippen LogP contribution in [-0.4, -0.2) is 53.4 Å². The van der Waals surface area contributed by atoms with Crippen LogP contribution in [0, 0.1) is 10.8 Å². The van der Waals surface area contributed by atoms with Gasteiger partial charge in [-0.25, -0.2) is 0 Å². The average molecular weight is 293 g/mol. The van der Waals surface area contributed by atoms with E-state index in [0.29, 0.717) is 10.8 Å². The van der Waals surface area contributed by atoms with Crippen molar-refractivity contribution in [3.05, 3.63) is 16.6 Å². The highest BCUT2D eigenvalue weighted by molar-refractivity contribution is 7.11. The summed E-state index contributed by atoms with van der Waals surface area (Å²) in [5.41, 5.74) is 2.46. The Labute approximate surface area is 124 Å². The van der Waals surface area contributed by atoms with E-state index in [-0.39, 0.29) is 5.91 Å². The molecule has 1 aromatic heterocycles. The van der Waals surface area contributed by atoms with E-state index < -0.39 is 0 Å². The maximum atomic E-state index is 12.3. The molecule has 4 nitrogen and oxygen atoms in total. The fourth-order valence-corrected chi connectivity index (χ4v) is 4.12. The normalized spacial score (nSPS) is 22.2. The summed E-state index contributed by atoms with van der Waals surface area (Å²) in [6.45, 7) is 12.1. The quantitative estimate of drug-likeness (QED) is 0.840. The Kier molecular flexibility index (Phi) is 3.37. The molecule has 0 aliphatic carbocycles. The van der Waals surface area contributed by atoms with Crippen LogP contribution < -0.4 is 0 Å². The number of hydrogen-bond acceptors (Lipinski definition) is 4. The highest BCUT2D eigenvalue weighted by atomic mass is 32.1. The van der Waals surface area contributed by atoms with E-state index in [2.05, 4.69) is 30.7 Å². The van der Waals surface area contributed by atoms with Crippen molar-refractivity contribution in [1.82, 2.24) is 14.8 Å². The molecule has 2 saturated heterocycles. The first-order valence-electron chi connectivity index (χ1n) is 7.27. The fraction of sp³-hybridized carbons (Fsp3) is 0.733. The lowest BCUT2D eigenvalue weighted by atomic mass is 9.77. The van der Waals surface area contributed by atoms with Crippen molar-refractivity contribution in [3.8, 4) is 0 Å². The Hall–Kier alpha value is -0.940. The fourth-order valence-electron chi connectivity index (χ4n) is 3.53. The molecule has 0 unspecified atom stereocenters. The second-order valence-corrected chi connectivity index (χ2v) is 8.43. The molecular weight excluding hydrogens is 270 g/mol. The number of aromatic nitrogens is 1. The zero-order valence-electron chi connectivity index (χ0n) is 12.6. The molecule has 3 rings (SSSR count). The number of likely N-dealkylation sites (tertiary alicyclic amines) is 2. The third-order valence-electron chi connectivity index (χ3n) is 4.18. The van der Waals surface area contributed by atoms with Gasteiger partial charge in [0, 0.05) is 38.1 Å². The Bertz CT molecular complexity index is 486. The van der Waals surface area contributed by atoms with E-state index in [9.17, 15) is 4.79 Å². The molecule has 2 aliphatic rings. The third kappa shape index (κ3) is 2.74. The molecule has 0 saturated carbocycles. The summed E-state index contributed by atoms with van der Waals surface area (Å²) in [7, 11) is 0. The minimum Gasteiger partial charge on any atom is -0.337 e. The number of thiazole rings is 1. The molecule has 1 spiro atoms. The van der Waals surface area contributed by atoms with Gasteiger partial charge in [-0.2, -0.15) is 0 Å². The minimum absolute atomic E-state index is 0.165. The summed E-state index contributed by atoms with van der Waals surface area (Å²) in [6.07, 6.45) is 2.84. The lowest BCUT2D eigenvalue weighted by Crippen LogP contribution is -2.59. The molecule has 0 aromatic carbocycles. The number of rotatable bonds is 2. The van der Waals surface area contributed by atoms with Gasteiger partial charge in [-0.1, -0.05) is 20.8 Å². The zero-order valence-corrected chi connectivity index (χ0v) is 13.4. The monoisotopic (exact) mass is 293 g/mol. The molecule has 2 fully saturated rings. The van der Waals surface area contributed by atoms with E-state index in [1.165, 1.54) is 11.3 Å². The van der Waals surface area contributed by atoms with Gasteiger partial charge in [-0.05, 0) is 11.8 Å². The summed E-state index contributed by atoms with van der Waals surface area (Å²) >= 11 is 1.44. The van der Waals surface area contributed by atoms with Gasteiger partial charge in [-0.3, -0.25) is 9.78 Å². The predicted octanol–water partition coefficient (Wildman–Crippen LogP) is 2.34. The maximum absolute atomic E-state index is 12.3. The van der Waals surface area contributed by atoms with Gasteiger partial charge < -0.3 is 9.80 Å². The van der Waals surface area contributed by atoms with Crippen molar-refractivity contribution >= 4 is 17.2 Å². The molecule has 0 N–H and O–H groups in total. The lowest BCUT2D eigenvalue weighted by molar-refractivity contribution is -0.0116. The van der Waals surface area contributed by atoms with Crippen LogP contribution in [0.3, 0.4) is 0 Å². The SMILES string of the molecule is CC(C)(C)CN1CC2(CCN(C(=O)c3cncs3)C2)C1. The standard InChI is InChI=1S/C15H23N3OS/c1-14(2,3)7-17-8-15(9-17)4-5-18(10-15)13(19)12-6-16-11-20-12/h6,11H,4-5,7-10H2,1-3H3. The van der Waals surface area contributed by atoms with Gasteiger partial charge in [0.15, 0.2) is 0 Å². The molecule has 20 heavy (non-hydrogen) atoms. The van der Waals surface area contributed by atoms with E-state index >= 15 is 0 Å². The van der Waals surface area contributed by atoms with E-state index in [1.807, 2.05) is 4.90 Å². The number of hydrogen-bond donors (Lipinski definition) is 0. The smallest absolute Gasteiger partial charge is 0.265 e. The number of amides is 1. The van der Waals surface area contributed by atoms with E-state index in [4.69, 9.17) is 0 Å². The van der Waals surface area contributed by atoms with Crippen LogP contribution in [0.15, 0.2) is 11.7 Å². The van der Waals surface area contributed by atoms with Crippen molar-refractivity contribution in [2.45, 2.75) is 27.2 Å². The Balaban J connectivity index is 1.55. The highest BCUT2D eigenvalue weighted by Gasteiger charge is 2.49. The largest absolute Gasteiger partial charge is 0.337 e. The Morgan fingerprint density at radius 2 is 2.15 bits per heavy atom. The van der Waals surface area contributed by atoms with Gasteiger partial charge in [0.05, 0.1) is 11.7 Å². The van der Waals surface area contributed by atoms with Gasteiger partial charge in [0.2, 0.25) is 0 Å². The van der Waals surface area contributed by atoms with Crippen LogP contribution in [0.2, 0.25) is 0 Å². The van der Waals surface area contributed by atoms with Crippen molar-refractivity contribution in [3.63, 3.8) is 0 Å². The first-order valence-corrected chi connectivity index (χ1v) is 8.15. The van der Waals surface area contributed by atoms with Crippen LogP contribution in [0.25, 0.3) is 0 Å². The van der Waals surface area contributed by atoms with Crippen LogP contribution in [0.4, 0.5) is 0 Å². The molecule has 5 heteroatoms. The topological polar surface area (TPSA) is 36.4 Å². The Morgan fingerprint density at radius 1 is 1.40 bits per heavy atom. The summed E-state index contributed by atoms with van der Waals surface area (Å²) in [4.78, 5) is 21.6. The first-order chi connectivity index (χ1) is 9.37. The van der Waals surface area contributed by atoms with Crippen LogP contribution >= 0.6 is 11.3 Å². The minimum atomic E-state index is 0.165. The molecule has 1 amide bonds. The van der Waals surface area contributed by atoms with Gasteiger partial charge >= 0.3 is 0 Å². The number of carbonyl (C=O) groups is 1. The summed E-state index contributed by atoms with van der Waals surface area (Å²) in [5, 5.41) is 0. The summed E-state index contributed by atoms with van der Waals surface area (Å²) in [6, 6.07) is 0. The molecule has 0 radical (unpaired) electrons. The average Bonchev–Trinajstić information content (AvgIpc) is 2.93.